The highest BCUT2D eigenvalue weighted by Gasteiger charge is 1.99. The molecular formula is C7H6ClF2NO. The monoisotopic (exact) mass is 193 g/mol. The van der Waals surface area contributed by atoms with Gasteiger partial charge in [0.15, 0.2) is 0 Å². The number of hydrogen-bond acceptors (Lipinski definition) is 2. The van der Waals surface area contributed by atoms with Crippen LogP contribution in [0.3, 0.4) is 0 Å². The van der Waals surface area contributed by atoms with Gasteiger partial charge in [-0.2, -0.15) is 0 Å². The minimum atomic E-state index is -0.747. The van der Waals surface area contributed by atoms with Crippen LogP contribution in [0.2, 0.25) is 0 Å². The predicted molar refractivity (Wildman–Crippen MR) is 43.0 cm³/mol. The summed E-state index contributed by atoms with van der Waals surface area (Å²) in [7, 11) is 0. The van der Waals surface area contributed by atoms with Gasteiger partial charge in [-0.25, -0.2) is 8.78 Å². The lowest BCUT2D eigenvalue weighted by Crippen LogP contribution is -1.88. The fraction of sp³-hybridized carbons (Fsp3) is 0. The van der Waals surface area contributed by atoms with E-state index >= 15 is 0 Å². The molecule has 0 aliphatic carbocycles. The summed E-state index contributed by atoms with van der Waals surface area (Å²) in [6.45, 7) is 0. The van der Waals surface area contributed by atoms with Crippen LogP contribution in [0.15, 0.2) is 23.4 Å². The average Bonchev–Trinajstić information content (AvgIpc) is 1.95. The third-order valence-electron chi connectivity index (χ3n) is 1.16. The van der Waals surface area contributed by atoms with Crippen LogP contribution in [0.4, 0.5) is 8.78 Å². The molecule has 0 unspecified atom stereocenters. The largest absolute Gasteiger partial charge is 0.411 e. The van der Waals surface area contributed by atoms with E-state index in [9.17, 15) is 8.78 Å². The van der Waals surface area contributed by atoms with Crippen LogP contribution in [-0.4, -0.2) is 11.4 Å². The Kier molecular flexibility index (Phi) is 4.21. The molecule has 5 heteroatoms. The Morgan fingerprint density at radius 3 is 2.50 bits per heavy atom. The van der Waals surface area contributed by atoms with E-state index < -0.39 is 11.6 Å². The summed E-state index contributed by atoms with van der Waals surface area (Å²) in [6, 6.07) is 2.99. The Labute approximate surface area is 73.9 Å². The lowest BCUT2D eigenvalue weighted by atomic mass is 10.2. The van der Waals surface area contributed by atoms with Gasteiger partial charge < -0.3 is 5.21 Å². The molecule has 1 aromatic carbocycles. The van der Waals surface area contributed by atoms with Gasteiger partial charge in [-0.15, -0.1) is 12.4 Å². The quantitative estimate of drug-likeness (QED) is 0.414. The second kappa shape index (κ2) is 4.66. The van der Waals surface area contributed by atoms with Crippen molar-refractivity contribution in [3.63, 3.8) is 0 Å². The molecule has 0 saturated heterocycles. The maximum absolute atomic E-state index is 12.6. The van der Waals surface area contributed by atoms with Crippen LogP contribution >= 0.6 is 12.4 Å². The highest BCUT2D eigenvalue weighted by molar-refractivity contribution is 5.85. The van der Waals surface area contributed by atoms with Crippen LogP contribution in [0.5, 0.6) is 0 Å². The van der Waals surface area contributed by atoms with Gasteiger partial charge in [0.2, 0.25) is 0 Å². The van der Waals surface area contributed by atoms with Crippen molar-refractivity contribution in [3.8, 4) is 0 Å². The van der Waals surface area contributed by atoms with Gasteiger partial charge in [0, 0.05) is 11.6 Å². The minimum Gasteiger partial charge on any atom is -0.411 e. The van der Waals surface area contributed by atoms with Crippen LogP contribution < -0.4 is 0 Å². The van der Waals surface area contributed by atoms with Crippen molar-refractivity contribution < 1.29 is 14.0 Å². The molecule has 12 heavy (non-hydrogen) atoms. The molecule has 0 aliphatic heterocycles. The zero-order chi connectivity index (χ0) is 8.27. The number of oxime groups is 1. The van der Waals surface area contributed by atoms with Gasteiger partial charge in [0.25, 0.3) is 0 Å². The standard InChI is InChI=1S/C7H5F2NO.ClH/c8-6-2-1-5(4-10-11)7(9)3-6;/h1-4,11H;1H. The molecule has 0 aliphatic rings. The van der Waals surface area contributed by atoms with E-state index in [0.29, 0.717) is 0 Å². The van der Waals surface area contributed by atoms with E-state index in [0.717, 1.165) is 18.3 Å². The van der Waals surface area contributed by atoms with Crippen molar-refractivity contribution in [1.29, 1.82) is 0 Å². The SMILES string of the molecule is Cl.ON=Cc1ccc(F)cc1F. The van der Waals surface area contributed by atoms with Gasteiger partial charge in [-0.05, 0) is 12.1 Å². The average molecular weight is 194 g/mol. The van der Waals surface area contributed by atoms with Crippen LogP contribution in [0.25, 0.3) is 0 Å². The number of nitrogens with zero attached hydrogens (tertiary/aromatic N) is 1. The summed E-state index contributed by atoms with van der Waals surface area (Å²) in [5.74, 6) is -1.40. The second-order valence-corrected chi connectivity index (χ2v) is 1.91. The van der Waals surface area contributed by atoms with Crippen LogP contribution in [0.1, 0.15) is 5.56 Å². The van der Waals surface area contributed by atoms with Crippen LogP contribution in [-0.2, 0) is 0 Å². The first-order valence-corrected chi connectivity index (χ1v) is 2.86. The zero-order valence-corrected chi connectivity index (χ0v) is 6.68. The molecule has 1 N–H and O–H groups in total. The summed E-state index contributed by atoms with van der Waals surface area (Å²) in [5.41, 5.74) is 0.0499. The molecule has 0 bridgehead atoms. The fourth-order valence-corrected chi connectivity index (χ4v) is 0.668. The smallest absolute Gasteiger partial charge is 0.135 e. The third kappa shape index (κ3) is 2.47. The van der Waals surface area contributed by atoms with Gasteiger partial charge in [0.05, 0.1) is 6.21 Å². The molecule has 0 aromatic heterocycles. The predicted octanol–water partition coefficient (Wildman–Crippen LogP) is 2.19. The van der Waals surface area contributed by atoms with Crippen molar-refractivity contribution >= 4 is 18.6 Å². The fourth-order valence-electron chi connectivity index (χ4n) is 0.668. The van der Waals surface area contributed by atoms with Crippen molar-refractivity contribution in [3.05, 3.63) is 35.4 Å². The molecule has 1 rings (SSSR count). The van der Waals surface area contributed by atoms with E-state index in [2.05, 4.69) is 5.16 Å². The highest BCUT2D eigenvalue weighted by atomic mass is 35.5. The Hall–Kier alpha value is -1.16. The molecule has 0 atom stereocenters. The van der Waals surface area contributed by atoms with E-state index in [-0.39, 0.29) is 18.0 Å². The van der Waals surface area contributed by atoms with Crippen molar-refractivity contribution in [2.24, 2.45) is 5.16 Å². The number of benzene rings is 1. The van der Waals surface area contributed by atoms with Crippen molar-refractivity contribution in [2.45, 2.75) is 0 Å². The number of halogens is 3. The topological polar surface area (TPSA) is 32.6 Å². The van der Waals surface area contributed by atoms with Crippen LogP contribution in [0, 0.1) is 11.6 Å². The first-order chi connectivity index (χ1) is 5.24. The second-order valence-electron chi connectivity index (χ2n) is 1.91. The number of rotatable bonds is 1. The summed E-state index contributed by atoms with van der Waals surface area (Å²) in [4.78, 5) is 0. The van der Waals surface area contributed by atoms with Gasteiger partial charge >= 0.3 is 0 Å². The van der Waals surface area contributed by atoms with Gasteiger partial charge in [-0.1, -0.05) is 5.16 Å². The molecular weight excluding hydrogens is 188 g/mol. The lowest BCUT2D eigenvalue weighted by Gasteiger charge is -1.93. The first kappa shape index (κ1) is 10.8. The Bertz CT molecular complexity index is 291. The van der Waals surface area contributed by atoms with E-state index in [1.807, 2.05) is 0 Å². The summed E-state index contributed by atoms with van der Waals surface area (Å²) >= 11 is 0. The maximum Gasteiger partial charge on any atom is 0.135 e. The van der Waals surface area contributed by atoms with E-state index in [1.165, 1.54) is 6.07 Å². The summed E-state index contributed by atoms with van der Waals surface area (Å²) in [6.07, 6.45) is 0.898. The summed E-state index contributed by atoms with van der Waals surface area (Å²) < 4.78 is 24.8. The zero-order valence-electron chi connectivity index (χ0n) is 5.87. The Balaban J connectivity index is 0.00000121. The lowest BCUT2D eigenvalue weighted by molar-refractivity contribution is 0.321. The molecule has 66 valence electrons. The first-order valence-electron chi connectivity index (χ1n) is 2.86. The van der Waals surface area contributed by atoms with E-state index in [4.69, 9.17) is 5.21 Å². The van der Waals surface area contributed by atoms with Crippen molar-refractivity contribution in [2.75, 3.05) is 0 Å². The molecule has 2 nitrogen and oxygen atoms in total. The normalized spacial score (nSPS) is 9.83. The third-order valence-corrected chi connectivity index (χ3v) is 1.16. The minimum absolute atomic E-state index is 0. The molecule has 0 spiro atoms. The van der Waals surface area contributed by atoms with Crippen molar-refractivity contribution in [1.82, 2.24) is 0 Å². The highest BCUT2D eigenvalue weighted by Crippen LogP contribution is 2.06. The molecule has 0 fully saturated rings. The molecule has 0 saturated carbocycles. The van der Waals surface area contributed by atoms with Gasteiger partial charge in [-0.3, -0.25) is 0 Å². The maximum atomic E-state index is 12.6. The Morgan fingerprint density at radius 1 is 1.33 bits per heavy atom. The Morgan fingerprint density at radius 2 is 2.00 bits per heavy atom. The summed E-state index contributed by atoms with van der Waals surface area (Å²) in [5, 5.41) is 10.6. The molecule has 0 amide bonds. The van der Waals surface area contributed by atoms with Gasteiger partial charge in [0.1, 0.15) is 11.6 Å². The molecule has 0 heterocycles. The molecule has 1 aromatic rings. The molecule has 0 radical (unpaired) electrons. The van der Waals surface area contributed by atoms with E-state index in [1.54, 1.807) is 0 Å². The number of hydrogen-bond donors (Lipinski definition) is 1.